The van der Waals surface area contributed by atoms with Crippen molar-refractivity contribution < 1.29 is 0 Å². The number of para-hydroxylation sites is 1. The van der Waals surface area contributed by atoms with Gasteiger partial charge in [-0.2, -0.15) is 0 Å². The van der Waals surface area contributed by atoms with E-state index < -0.39 is 0 Å². The molecule has 0 N–H and O–H groups in total. The van der Waals surface area contributed by atoms with Crippen molar-refractivity contribution >= 4 is 0 Å². The van der Waals surface area contributed by atoms with Crippen LogP contribution in [0.2, 0.25) is 0 Å². The Kier molecular flexibility index (Phi) is 5.24. The van der Waals surface area contributed by atoms with Crippen LogP contribution >= 0.6 is 0 Å². The fourth-order valence-electron chi connectivity index (χ4n) is 4.32. The summed E-state index contributed by atoms with van der Waals surface area (Å²) in [6.07, 6.45) is 10.0. The number of aromatic nitrogens is 5. The lowest BCUT2D eigenvalue weighted by molar-refractivity contribution is 0.424. The van der Waals surface area contributed by atoms with Crippen molar-refractivity contribution in [2.75, 3.05) is 0 Å². The lowest BCUT2D eigenvalue weighted by Crippen LogP contribution is -2.16. The molecule has 152 valence electrons. The maximum Gasteiger partial charge on any atom is 0.171 e. The largest absolute Gasteiger partial charge is 0.278 e. The Morgan fingerprint density at radius 2 is 1.52 bits per heavy atom. The quantitative estimate of drug-likeness (QED) is 0.578. The molecular weight excluding hydrogens is 358 g/mol. The molecule has 0 atom stereocenters. The van der Waals surface area contributed by atoms with Crippen molar-refractivity contribution in [2.45, 2.75) is 78.1 Å². The summed E-state index contributed by atoms with van der Waals surface area (Å²) in [6.45, 7) is 10.7. The van der Waals surface area contributed by atoms with E-state index in [2.05, 4.69) is 72.5 Å². The van der Waals surface area contributed by atoms with Gasteiger partial charge < -0.3 is 0 Å². The highest BCUT2D eigenvalue weighted by Crippen LogP contribution is 2.36. The third-order valence-electron chi connectivity index (χ3n) is 5.90. The molecule has 1 aromatic carbocycles. The topological polar surface area (TPSA) is 56.5 Å². The highest BCUT2D eigenvalue weighted by molar-refractivity contribution is 5.60. The molecule has 0 unspecified atom stereocenters. The van der Waals surface area contributed by atoms with Gasteiger partial charge in [0.1, 0.15) is 11.6 Å². The van der Waals surface area contributed by atoms with Gasteiger partial charge in [-0.15, -0.1) is 10.2 Å². The molecule has 0 radical (unpaired) electrons. The summed E-state index contributed by atoms with van der Waals surface area (Å²) in [7, 11) is 0. The van der Waals surface area contributed by atoms with E-state index in [1.165, 1.54) is 48.9 Å². The number of hydrogen-bond donors (Lipinski definition) is 0. The number of nitrogens with zero attached hydrogens (tertiary/aromatic N) is 5. The van der Waals surface area contributed by atoms with Gasteiger partial charge in [0, 0.05) is 23.7 Å². The summed E-state index contributed by atoms with van der Waals surface area (Å²) in [5.74, 6) is 3.21. The average Bonchev–Trinajstić information content (AvgIpc) is 3.13. The number of hydrogen-bond acceptors (Lipinski definition) is 4. The second-order valence-electron chi connectivity index (χ2n) is 9.34. The molecule has 1 aliphatic rings. The average molecular weight is 390 g/mol. The predicted octanol–water partition coefficient (Wildman–Crippen LogP) is 5.69. The van der Waals surface area contributed by atoms with Crippen molar-refractivity contribution in [3.63, 3.8) is 0 Å². The molecule has 0 spiro atoms. The van der Waals surface area contributed by atoms with Gasteiger partial charge in [0.2, 0.25) is 0 Å². The van der Waals surface area contributed by atoms with Gasteiger partial charge in [0.25, 0.3) is 0 Å². The molecule has 1 saturated carbocycles. The van der Waals surface area contributed by atoms with E-state index in [-0.39, 0.29) is 5.41 Å². The summed E-state index contributed by atoms with van der Waals surface area (Å²) >= 11 is 0. The van der Waals surface area contributed by atoms with E-state index in [4.69, 9.17) is 5.10 Å². The first-order valence-electron chi connectivity index (χ1n) is 10.7. The molecule has 29 heavy (non-hydrogen) atoms. The molecule has 5 nitrogen and oxygen atoms in total. The van der Waals surface area contributed by atoms with Crippen molar-refractivity contribution in [3.05, 3.63) is 53.4 Å². The van der Waals surface area contributed by atoms with Crippen molar-refractivity contribution in [2.24, 2.45) is 0 Å². The van der Waals surface area contributed by atoms with Crippen molar-refractivity contribution in [1.82, 2.24) is 24.7 Å². The van der Waals surface area contributed by atoms with Gasteiger partial charge in [-0.05, 0) is 37.8 Å². The van der Waals surface area contributed by atoms with E-state index in [9.17, 15) is 0 Å². The smallest absolute Gasteiger partial charge is 0.171 e. The summed E-state index contributed by atoms with van der Waals surface area (Å²) in [5.41, 5.74) is 4.49. The molecular formula is C24H31N5. The standard InChI is InChI=1S/C24H31N5/c1-16-10-9-11-17(2)20(16)29-21(18-12-7-6-8-13-18)27-28-22(29)19-14-25-23(26-15-19)24(3,4)5/h9-11,14-15,18H,6-8,12-13H2,1-5H3. The minimum Gasteiger partial charge on any atom is -0.278 e. The Bertz CT molecular complexity index is 969. The summed E-state index contributed by atoms with van der Waals surface area (Å²) < 4.78 is 2.27. The highest BCUT2D eigenvalue weighted by Gasteiger charge is 2.26. The zero-order valence-electron chi connectivity index (χ0n) is 18.2. The zero-order valence-corrected chi connectivity index (χ0v) is 18.2. The first kappa shape index (κ1) is 19.7. The van der Waals surface area contributed by atoms with E-state index in [1.807, 2.05) is 12.4 Å². The Hall–Kier alpha value is -2.56. The van der Waals surface area contributed by atoms with E-state index in [0.717, 1.165) is 23.0 Å². The summed E-state index contributed by atoms with van der Waals surface area (Å²) in [6, 6.07) is 6.44. The van der Waals surface area contributed by atoms with Crippen molar-refractivity contribution in [1.29, 1.82) is 0 Å². The zero-order chi connectivity index (χ0) is 20.6. The lowest BCUT2D eigenvalue weighted by atomic mass is 9.88. The molecule has 0 bridgehead atoms. The van der Waals surface area contributed by atoms with Crippen LogP contribution in [-0.4, -0.2) is 24.7 Å². The van der Waals surface area contributed by atoms with Gasteiger partial charge in [-0.25, -0.2) is 9.97 Å². The van der Waals surface area contributed by atoms with Crippen LogP contribution in [0.1, 0.15) is 81.6 Å². The normalized spacial score (nSPS) is 15.6. The molecule has 4 rings (SSSR count). The SMILES string of the molecule is Cc1cccc(C)c1-n1c(-c2cnc(C(C)(C)C)nc2)nnc1C1CCCCC1. The Morgan fingerprint density at radius 1 is 0.897 bits per heavy atom. The fourth-order valence-corrected chi connectivity index (χ4v) is 4.32. The molecule has 0 amide bonds. The maximum absolute atomic E-state index is 4.70. The first-order valence-corrected chi connectivity index (χ1v) is 10.7. The van der Waals surface area contributed by atoms with Crippen LogP contribution in [0.25, 0.3) is 17.1 Å². The first-order chi connectivity index (χ1) is 13.9. The second kappa shape index (κ2) is 7.69. The van der Waals surface area contributed by atoms with Gasteiger partial charge in [-0.3, -0.25) is 4.57 Å². The van der Waals surface area contributed by atoms with Crippen LogP contribution in [0.15, 0.2) is 30.6 Å². The number of benzene rings is 1. The minimum absolute atomic E-state index is 0.0773. The molecule has 0 aliphatic heterocycles. The molecule has 5 heteroatoms. The molecule has 1 aliphatic carbocycles. The van der Waals surface area contributed by atoms with Crippen LogP contribution in [-0.2, 0) is 5.41 Å². The minimum atomic E-state index is -0.0773. The molecule has 2 heterocycles. The Morgan fingerprint density at radius 3 is 2.10 bits per heavy atom. The summed E-state index contributed by atoms with van der Waals surface area (Å²) in [4.78, 5) is 9.27. The van der Waals surface area contributed by atoms with Crippen LogP contribution in [0.4, 0.5) is 0 Å². The van der Waals surface area contributed by atoms with Crippen LogP contribution in [0.3, 0.4) is 0 Å². The van der Waals surface area contributed by atoms with E-state index in [0.29, 0.717) is 5.92 Å². The van der Waals surface area contributed by atoms with Crippen molar-refractivity contribution in [3.8, 4) is 17.1 Å². The van der Waals surface area contributed by atoms with Crippen LogP contribution in [0, 0.1) is 13.8 Å². The number of aryl methyl sites for hydroxylation is 2. The predicted molar refractivity (Wildman–Crippen MR) is 116 cm³/mol. The Balaban J connectivity index is 1.87. The van der Waals surface area contributed by atoms with Gasteiger partial charge in [0.15, 0.2) is 5.82 Å². The highest BCUT2D eigenvalue weighted by atomic mass is 15.3. The van der Waals surface area contributed by atoms with Gasteiger partial charge in [0.05, 0.1) is 11.3 Å². The number of rotatable bonds is 3. The molecule has 1 fully saturated rings. The van der Waals surface area contributed by atoms with E-state index in [1.54, 1.807) is 0 Å². The van der Waals surface area contributed by atoms with E-state index >= 15 is 0 Å². The third-order valence-corrected chi connectivity index (χ3v) is 5.90. The summed E-state index contributed by atoms with van der Waals surface area (Å²) in [5, 5.41) is 9.35. The van der Waals surface area contributed by atoms with Crippen LogP contribution in [0.5, 0.6) is 0 Å². The maximum atomic E-state index is 4.70. The van der Waals surface area contributed by atoms with Gasteiger partial charge in [-0.1, -0.05) is 58.2 Å². The lowest BCUT2D eigenvalue weighted by Gasteiger charge is -2.23. The Labute approximate surface area is 173 Å². The van der Waals surface area contributed by atoms with Crippen LogP contribution < -0.4 is 0 Å². The second-order valence-corrected chi connectivity index (χ2v) is 9.34. The monoisotopic (exact) mass is 389 g/mol. The fraction of sp³-hybridized carbons (Fsp3) is 0.500. The third kappa shape index (κ3) is 3.83. The van der Waals surface area contributed by atoms with Gasteiger partial charge >= 0.3 is 0 Å². The molecule has 2 aromatic heterocycles. The molecule has 0 saturated heterocycles. The molecule has 3 aromatic rings.